The standard InChI is InChI=1S/C21H26N2O3S/c1-12(2)14-8-10-15(11-9-14)18-13(3)27-21(22-18)23-19(24)16-6-4-5-7-17(16)20(25)26/h8-12,16-17H,4-7H2,1-3H3,(H,25,26)(H,22,23,24)/t16-,17-/m1/s1. The Morgan fingerprint density at radius 2 is 1.78 bits per heavy atom. The van der Waals surface area contributed by atoms with Crippen LogP contribution >= 0.6 is 11.3 Å². The molecule has 1 saturated carbocycles. The van der Waals surface area contributed by atoms with Gasteiger partial charge in [0, 0.05) is 10.4 Å². The molecule has 6 heteroatoms. The number of aryl methyl sites for hydroxylation is 1. The minimum Gasteiger partial charge on any atom is -0.481 e. The third kappa shape index (κ3) is 4.38. The van der Waals surface area contributed by atoms with Crippen LogP contribution in [-0.2, 0) is 9.59 Å². The van der Waals surface area contributed by atoms with Gasteiger partial charge < -0.3 is 10.4 Å². The lowest BCUT2D eigenvalue weighted by Gasteiger charge is -2.26. The van der Waals surface area contributed by atoms with E-state index < -0.39 is 17.8 Å². The van der Waals surface area contributed by atoms with E-state index in [2.05, 4.69) is 48.4 Å². The lowest BCUT2D eigenvalue weighted by Crippen LogP contribution is -2.36. The number of amides is 1. The molecule has 0 spiro atoms. The Hall–Kier alpha value is -2.21. The largest absolute Gasteiger partial charge is 0.481 e. The second kappa shape index (κ2) is 8.21. The van der Waals surface area contributed by atoms with Gasteiger partial charge in [-0.3, -0.25) is 9.59 Å². The van der Waals surface area contributed by atoms with E-state index >= 15 is 0 Å². The number of aliphatic carboxylic acids is 1. The van der Waals surface area contributed by atoms with Gasteiger partial charge in [-0.15, -0.1) is 11.3 Å². The zero-order valence-corrected chi connectivity index (χ0v) is 16.8. The molecule has 2 N–H and O–H groups in total. The molecule has 1 heterocycles. The van der Waals surface area contributed by atoms with E-state index in [0.717, 1.165) is 29.0 Å². The number of carboxylic acid groups (broad SMARTS) is 1. The maximum Gasteiger partial charge on any atom is 0.307 e. The van der Waals surface area contributed by atoms with E-state index in [1.54, 1.807) is 0 Å². The number of hydrogen-bond acceptors (Lipinski definition) is 4. The van der Waals surface area contributed by atoms with Crippen LogP contribution < -0.4 is 5.32 Å². The van der Waals surface area contributed by atoms with Crippen molar-refractivity contribution in [1.82, 2.24) is 4.98 Å². The van der Waals surface area contributed by atoms with E-state index in [4.69, 9.17) is 0 Å². The monoisotopic (exact) mass is 386 g/mol. The molecule has 0 bridgehead atoms. The number of hydrogen-bond donors (Lipinski definition) is 2. The molecule has 1 aromatic heterocycles. The molecule has 0 aliphatic heterocycles. The topological polar surface area (TPSA) is 79.3 Å². The van der Waals surface area contributed by atoms with Crippen molar-refractivity contribution in [2.24, 2.45) is 11.8 Å². The van der Waals surface area contributed by atoms with E-state index in [9.17, 15) is 14.7 Å². The zero-order chi connectivity index (χ0) is 19.6. The summed E-state index contributed by atoms with van der Waals surface area (Å²) in [5.74, 6) is -1.70. The molecule has 0 unspecified atom stereocenters. The summed E-state index contributed by atoms with van der Waals surface area (Å²) in [6.07, 6.45) is 2.95. The van der Waals surface area contributed by atoms with Gasteiger partial charge in [0.05, 0.1) is 17.5 Å². The minimum atomic E-state index is -0.879. The van der Waals surface area contributed by atoms with Gasteiger partial charge in [-0.25, -0.2) is 4.98 Å². The lowest BCUT2D eigenvalue weighted by atomic mass is 9.79. The molecule has 144 valence electrons. The van der Waals surface area contributed by atoms with E-state index in [0.29, 0.717) is 23.9 Å². The molecule has 1 aliphatic carbocycles. The third-order valence-corrected chi connectivity index (χ3v) is 6.18. The lowest BCUT2D eigenvalue weighted by molar-refractivity contribution is -0.147. The van der Waals surface area contributed by atoms with Crippen LogP contribution in [0.3, 0.4) is 0 Å². The molecule has 1 aromatic carbocycles. The summed E-state index contributed by atoms with van der Waals surface area (Å²) >= 11 is 1.43. The molecule has 1 amide bonds. The average molecular weight is 387 g/mol. The number of carbonyl (C=O) groups excluding carboxylic acids is 1. The Morgan fingerprint density at radius 1 is 1.15 bits per heavy atom. The maximum absolute atomic E-state index is 12.7. The first-order chi connectivity index (χ1) is 12.9. The highest BCUT2D eigenvalue weighted by atomic mass is 32.1. The van der Waals surface area contributed by atoms with E-state index in [-0.39, 0.29) is 5.91 Å². The fourth-order valence-corrected chi connectivity index (χ4v) is 4.52. The first-order valence-corrected chi connectivity index (χ1v) is 10.3. The van der Waals surface area contributed by atoms with E-state index in [1.165, 1.54) is 16.9 Å². The molecule has 5 nitrogen and oxygen atoms in total. The van der Waals surface area contributed by atoms with Gasteiger partial charge in [0.1, 0.15) is 0 Å². The van der Waals surface area contributed by atoms with Crippen molar-refractivity contribution in [3.8, 4) is 11.3 Å². The summed E-state index contributed by atoms with van der Waals surface area (Å²) in [4.78, 5) is 29.7. The van der Waals surface area contributed by atoms with Crippen molar-refractivity contribution in [1.29, 1.82) is 0 Å². The highest BCUT2D eigenvalue weighted by Gasteiger charge is 2.36. The first kappa shape index (κ1) is 19.5. The summed E-state index contributed by atoms with van der Waals surface area (Å²) in [6, 6.07) is 8.34. The summed E-state index contributed by atoms with van der Waals surface area (Å²) in [5, 5.41) is 12.8. The van der Waals surface area contributed by atoms with Crippen molar-refractivity contribution >= 4 is 28.3 Å². The summed E-state index contributed by atoms with van der Waals surface area (Å²) in [6.45, 7) is 6.30. The molecule has 2 aromatic rings. The Labute approximate surface area is 163 Å². The zero-order valence-electron chi connectivity index (χ0n) is 16.0. The number of rotatable bonds is 5. The number of nitrogens with zero attached hydrogens (tertiary/aromatic N) is 1. The van der Waals surface area contributed by atoms with E-state index in [1.807, 2.05) is 6.92 Å². The van der Waals surface area contributed by atoms with Gasteiger partial charge in [-0.1, -0.05) is 51.0 Å². The number of carboxylic acids is 1. The van der Waals surface area contributed by atoms with Crippen LogP contribution in [0.5, 0.6) is 0 Å². The van der Waals surface area contributed by atoms with Crippen molar-refractivity contribution < 1.29 is 14.7 Å². The SMILES string of the molecule is Cc1sc(NC(=O)[C@@H]2CCCC[C@H]2C(=O)O)nc1-c1ccc(C(C)C)cc1. The predicted octanol–water partition coefficient (Wildman–Crippen LogP) is 5.07. The van der Waals surface area contributed by atoms with Crippen molar-refractivity contribution in [2.45, 2.75) is 52.4 Å². The van der Waals surface area contributed by atoms with Crippen molar-refractivity contribution in [2.75, 3.05) is 5.32 Å². The van der Waals surface area contributed by atoms with Crippen molar-refractivity contribution in [3.63, 3.8) is 0 Å². The third-order valence-electron chi connectivity index (χ3n) is 5.30. The van der Waals surface area contributed by atoms with Crippen LogP contribution in [0, 0.1) is 18.8 Å². The van der Waals surface area contributed by atoms with Crippen LogP contribution in [0.1, 0.15) is 55.9 Å². The van der Waals surface area contributed by atoms with Gasteiger partial charge >= 0.3 is 5.97 Å². The van der Waals surface area contributed by atoms with Gasteiger partial charge in [0.15, 0.2) is 5.13 Å². The van der Waals surface area contributed by atoms with Crippen LogP contribution in [-0.4, -0.2) is 22.0 Å². The van der Waals surface area contributed by atoms with Gasteiger partial charge in [0.2, 0.25) is 5.91 Å². The number of thiazole rings is 1. The van der Waals surface area contributed by atoms with Crippen LogP contribution in [0.15, 0.2) is 24.3 Å². The highest BCUT2D eigenvalue weighted by Crippen LogP contribution is 2.34. The molecule has 2 atom stereocenters. The summed E-state index contributed by atoms with van der Waals surface area (Å²) in [7, 11) is 0. The molecular formula is C21H26N2O3S. The number of aromatic nitrogens is 1. The number of nitrogens with one attached hydrogen (secondary N) is 1. The minimum absolute atomic E-state index is 0.224. The Kier molecular flexibility index (Phi) is 5.95. The van der Waals surface area contributed by atoms with Crippen molar-refractivity contribution in [3.05, 3.63) is 34.7 Å². The molecule has 27 heavy (non-hydrogen) atoms. The number of benzene rings is 1. The van der Waals surface area contributed by atoms with Crippen LogP contribution in [0.2, 0.25) is 0 Å². The van der Waals surface area contributed by atoms with Crippen LogP contribution in [0.25, 0.3) is 11.3 Å². The molecule has 1 fully saturated rings. The second-order valence-corrected chi connectivity index (χ2v) is 8.73. The molecule has 3 rings (SSSR count). The summed E-state index contributed by atoms with van der Waals surface area (Å²) in [5.41, 5.74) is 3.16. The Morgan fingerprint density at radius 3 is 2.37 bits per heavy atom. The summed E-state index contributed by atoms with van der Waals surface area (Å²) < 4.78 is 0. The van der Waals surface area contributed by atoms with Crippen LogP contribution in [0.4, 0.5) is 5.13 Å². The highest BCUT2D eigenvalue weighted by molar-refractivity contribution is 7.16. The molecule has 0 radical (unpaired) electrons. The molecular weight excluding hydrogens is 360 g/mol. The molecule has 0 saturated heterocycles. The normalized spacial score (nSPS) is 19.9. The van der Waals surface area contributed by atoms with Gasteiger partial charge in [-0.2, -0.15) is 0 Å². The molecule has 1 aliphatic rings. The van der Waals surface area contributed by atoms with Gasteiger partial charge in [-0.05, 0) is 31.2 Å². The maximum atomic E-state index is 12.7. The first-order valence-electron chi connectivity index (χ1n) is 9.48. The second-order valence-electron chi connectivity index (χ2n) is 7.53. The predicted molar refractivity (Wildman–Crippen MR) is 108 cm³/mol. The number of anilines is 1. The fraction of sp³-hybridized carbons (Fsp3) is 0.476. The van der Waals surface area contributed by atoms with Gasteiger partial charge in [0.25, 0.3) is 0 Å². The smallest absolute Gasteiger partial charge is 0.307 e. The number of carbonyl (C=O) groups is 2. The quantitative estimate of drug-likeness (QED) is 0.752. The fourth-order valence-electron chi connectivity index (χ4n) is 3.68. The Balaban J connectivity index is 1.76. The average Bonchev–Trinajstić information content (AvgIpc) is 3.01. The Bertz CT molecular complexity index is 826.